The summed E-state index contributed by atoms with van der Waals surface area (Å²) in [5.41, 5.74) is 3.62. The average molecular weight is 202 g/mol. The van der Waals surface area contributed by atoms with Crippen molar-refractivity contribution in [3.63, 3.8) is 0 Å². The van der Waals surface area contributed by atoms with E-state index in [2.05, 4.69) is 50.9 Å². The molecule has 1 aromatic heterocycles. The highest BCUT2D eigenvalue weighted by atomic mass is 14.9. The lowest BCUT2D eigenvalue weighted by Gasteiger charge is -2.18. The molecule has 0 unspecified atom stereocenters. The van der Waals surface area contributed by atoms with Crippen molar-refractivity contribution in [2.24, 2.45) is 0 Å². The number of benzene rings is 1. The number of aryl methyl sites for hydroxylation is 1. The third-order valence-corrected chi connectivity index (χ3v) is 3.24. The normalized spacial score (nSPS) is 12.3. The number of hydrogen-bond donors (Lipinski definition) is 1. The molecule has 0 fully saturated rings. The van der Waals surface area contributed by atoms with E-state index in [1.54, 1.807) is 0 Å². The van der Waals surface area contributed by atoms with Crippen LogP contribution in [0.4, 0.5) is 0 Å². The molecule has 0 saturated heterocycles. The fourth-order valence-electron chi connectivity index (χ4n) is 1.66. The van der Waals surface area contributed by atoms with Crippen LogP contribution in [0.25, 0.3) is 11.0 Å². The molecule has 15 heavy (non-hydrogen) atoms. The largest absolute Gasteiger partial charge is 0.342 e. The van der Waals surface area contributed by atoms with Gasteiger partial charge in [-0.25, -0.2) is 4.98 Å². The van der Waals surface area contributed by atoms with Crippen LogP contribution in [0.15, 0.2) is 18.2 Å². The van der Waals surface area contributed by atoms with Gasteiger partial charge in [0.05, 0.1) is 11.0 Å². The maximum absolute atomic E-state index is 4.70. The summed E-state index contributed by atoms with van der Waals surface area (Å²) >= 11 is 0. The molecule has 0 aliphatic heterocycles. The van der Waals surface area contributed by atoms with Crippen molar-refractivity contribution < 1.29 is 0 Å². The first kappa shape index (κ1) is 10.2. The van der Waals surface area contributed by atoms with Crippen LogP contribution in [0, 0.1) is 6.92 Å². The van der Waals surface area contributed by atoms with Gasteiger partial charge in [-0.1, -0.05) is 32.9 Å². The second-order valence-corrected chi connectivity index (χ2v) is 4.79. The number of hydrogen-bond acceptors (Lipinski definition) is 1. The summed E-state index contributed by atoms with van der Waals surface area (Å²) in [7, 11) is 0. The van der Waals surface area contributed by atoms with Gasteiger partial charge in [0.1, 0.15) is 5.82 Å². The molecule has 2 rings (SSSR count). The molecule has 1 heterocycles. The van der Waals surface area contributed by atoms with E-state index < -0.39 is 0 Å². The maximum atomic E-state index is 4.70. The fourth-order valence-corrected chi connectivity index (χ4v) is 1.66. The zero-order valence-corrected chi connectivity index (χ0v) is 9.89. The smallest absolute Gasteiger partial charge is 0.112 e. The molecule has 0 atom stereocenters. The van der Waals surface area contributed by atoms with Gasteiger partial charge < -0.3 is 4.98 Å². The van der Waals surface area contributed by atoms with Gasteiger partial charge in [0.25, 0.3) is 0 Å². The summed E-state index contributed by atoms with van der Waals surface area (Å²) in [6, 6.07) is 6.26. The fraction of sp³-hybridized carbons (Fsp3) is 0.462. The van der Waals surface area contributed by atoms with Crippen molar-refractivity contribution in [2.75, 3.05) is 0 Å². The second kappa shape index (κ2) is 3.37. The Labute approximate surface area is 90.7 Å². The second-order valence-electron chi connectivity index (χ2n) is 4.79. The van der Waals surface area contributed by atoms with Crippen molar-refractivity contribution in [3.8, 4) is 0 Å². The summed E-state index contributed by atoms with van der Waals surface area (Å²) < 4.78 is 0. The molecule has 0 radical (unpaired) electrons. The average Bonchev–Trinajstić information content (AvgIpc) is 2.64. The molecule has 0 saturated carbocycles. The molecule has 0 aliphatic carbocycles. The van der Waals surface area contributed by atoms with Gasteiger partial charge in [0.15, 0.2) is 0 Å². The van der Waals surface area contributed by atoms with Gasteiger partial charge in [-0.3, -0.25) is 0 Å². The molecule has 1 N–H and O–H groups in total. The third kappa shape index (κ3) is 1.65. The summed E-state index contributed by atoms with van der Waals surface area (Å²) in [5.74, 6) is 1.09. The topological polar surface area (TPSA) is 28.7 Å². The van der Waals surface area contributed by atoms with Crippen LogP contribution in [0.1, 0.15) is 38.6 Å². The monoisotopic (exact) mass is 202 g/mol. The van der Waals surface area contributed by atoms with E-state index in [9.17, 15) is 0 Å². The highest BCUT2D eigenvalue weighted by Crippen LogP contribution is 2.27. The molecule has 1 aromatic carbocycles. The molecule has 0 amide bonds. The minimum atomic E-state index is 0.130. The highest BCUT2D eigenvalue weighted by Gasteiger charge is 2.22. The van der Waals surface area contributed by atoms with Gasteiger partial charge >= 0.3 is 0 Å². The first-order chi connectivity index (χ1) is 7.04. The van der Waals surface area contributed by atoms with E-state index in [-0.39, 0.29) is 5.41 Å². The van der Waals surface area contributed by atoms with E-state index in [4.69, 9.17) is 4.98 Å². The van der Waals surface area contributed by atoms with Crippen LogP contribution < -0.4 is 0 Å². The minimum absolute atomic E-state index is 0.130. The quantitative estimate of drug-likeness (QED) is 0.792. The van der Waals surface area contributed by atoms with E-state index >= 15 is 0 Å². The van der Waals surface area contributed by atoms with Gasteiger partial charge in [-0.05, 0) is 25.0 Å². The lowest BCUT2D eigenvalue weighted by molar-refractivity contribution is 0.479. The summed E-state index contributed by atoms with van der Waals surface area (Å²) in [4.78, 5) is 8.12. The molecule has 2 nitrogen and oxygen atoms in total. The van der Waals surface area contributed by atoms with Crippen molar-refractivity contribution >= 4 is 11.0 Å². The number of nitrogens with zero attached hydrogens (tertiary/aromatic N) is 1. The van der Waals surface area contributed by atoms with Gasteiger partial charge in [0.2, 0.25) is 0 Å². The molecule has 2 heteroatoms. The SMILES string of the molecule is CCC(C)(C)c1nc2c(C)cccc2[nH]1. The number of rotatable bonds is 2. The van der Waals surface area contributed by atoms with Crippen molar-refractivity contribution in [3.05, 3.63) is 29.6 Å². The van der Waals surface area contributed by atoms with Crippen molar-refractivity contribution in [1.29, 1.82) is 0 Å². The Kier molecular flexibility index (Phi) is 2.29. The standard InChI is InChI=1S/C13H18N2/c1-5-13(3,4)12-14-10-8-6-7-9(2)11(10)15-12/h6-8H,5H2,1-4H3,(H,14,15). The highest BCUT2D eigenvalue weighted by molar-refractivity contribution is 5.78. The number of nitrogens with one attached hydrogen (secondary N) is 1. The van der Waals surface area contributed by atoms with Gasteiger partial charge in [-0.2, -0.15) is 0 Å². The Hall–Kier alpha value is -1.31. The van der Waals surface area contributed by atoms with Crippen LogP contribution in [0.2, 0.25) is 0 Å². The Morgan fingerprint density at radius 3 is 2.67 bits per heavy atom. The van der Waals surface area contributed by atoms with Crippen molar-refractivity contribution in [2.45, 2.75) is 39.5 Å². The number of imidazole rings is 1. The minimum Gasteiger partial charge on any atom is -0.342 e. The van der Waals surface area contributed by atoms with Crippen LogP contribution in [0.3, 0.4) is 0 Å². The number of fused-ring (bicyclic) bond motifs is 1. The molecule has 0 spiro atoms. The number of H-pyrrole nitrogens is 1. The van der Waals surface area contributed by atoms with E-state index in [0.717, 1.165) is 23.3 Å². The Morgan fingerprint density at radius 2 is 2.07 bits per heavy atom. The number of para-hydroxylation sites is 1. The predicted molar refractivity (Wildman–Crippen MR) is 64.1 cm³/mol. The molecular formula is C13H18N2. The Balaban J connectivity index is 2.62. The lowest BCUT2D eigenvalue weighted by Crippen LogP contribution is -2.17. The molecule has 2 aromatic rings. The summed E-state index contributed by atoms with van der Waals surface area (Å²) in [6.45, 7) is 8.74. The van der Waals surface area contributed by atoms with Crippen LogP contribution in [-0.2, 0) is 5.41 Å². The molecule has 0 bridgehead atoms. The predicted octanol–water partition coefficient (Wildman–Crippen LogP) is 3.56. The van der Waals surface area contributed by atoms with Gasteiger partial charge in [0, 0.05) is 5.41 Å². The zero-order valence-electron chi connectivity index (χ0n) is 9.89. The van der Waals surface area contributed by atoms with Gasteiger partial charge in [-0.15, -0.1) is 0 Å². The Morgan fingerprint density at radius 1 is 1.33 bits per heavy atom. The first-order valence-corrected chi connectivity index (χ1v) is 5.50. The summed E-state index contributed by atoms with van der Waals surface area (Å²) in [5, 5.41) is 0. The van der Waals surface area contributed by atoms with Crippen LogP contribution in [-0.4, -0.2) is 9.97 Å². The molecular weight excluding hydrogens is 184 g/mol. The number of aromatic nitrogens is 2. The van der Waals surface area contributed by atoms with E-state index in [0.29, 0.717) is 0 Å². The maximum Gasteiger partial charge on any atom is 0.112 e. The van der Waals surface area contributed by atoms with Crippen molar-refractivity contribution in [1.82, 2.24) is 9.97 Å². The molecule has 0 aliphatic rings. The number of aromatic amines is 1. The Bertz CT molecular complexity index is 480. The third-order valence-electron chi connectivity index (χ3n) is 3.24. The van der Waals surface area contributed by atoms with E-state index in [1.165, 1.54) is 5.56 Å². The van der Waals surface area contributed by atoms with Crippen LogP contribution in [0.5, 0.6) is 0 Å². The lowest BCUT2D eigenvalue weighted by atomic mass is 9.90. The molecule has 80 valence electrons. The summed E-state index contributed by atoms with van der Waals surface area (Å²) in [6.07, 6.45) is 1.09. The zero-order chi connectivity index (χ0) is 11.1. The van der Waals surface area contributed by atoms with E-state index in [1.807, 2.05) is 0 Å². The first-order valence-electron chi connectivity index (χ1n) is 5.50. The van der Waals surface area contributed by atoms with Crippen LogP contribution >= 0.6 is 0 Å².